The Bertz CT molecular complexity index is 468. The second-order valence-corrected chi connectivity index (χ2v) is 8.98. The van der Waals surface area contributed by atoms with Crippen molar-refractivity contribution < 1.29 is 9.90 Å². The van der Waals surface area contributed by atoms with Crippen molar-refractivity contribution in [3.8, 4) is 0 Å². The Morgan fingerprint density at radius 3 is 1.79 bits per heavy atom. The number of hydrogen-bond donors (Lipinski definition) is 1. The summed E-state index contributed by atoms with van der Waals surface area (Å²) in [6.07, 6.45) is 12.7. The summed E-state index contributed by atoms with van der Waals surface area (Å²) < 4.78 is 0. The molecule has 2 heteroatoms. The summed E-state index contributed by atoms with van der Waals surface area (Å²) >= 11 is 0. The van der Waals surface area contributed by atoms with Crippen LogP contribution in [-0.4, -0.2) is 18.0 Å². The summed E-state index contributed by atoms with van der Waals surface area (Å²) in [5.74, 6) is 0.936. The molecule has 0 aliphatic heterocycles. The lowest BCUT2D eigenvalue weighted by Crippen LogP contribution is -2.00. The van der Waals surface area contributed by atoms with Crippen LogP contribution in [0.4, 0.5) is 0 Å². The Kier molecular flexibility index (Phi) is 7.92. The van der Waals surface area contributed by atoms with Gasteiger partial charge in [0, 0.05) is 12.5 Å². The zero-order valence-corrected chi connectivity index (χ0v) is 16.7. The van der Waals surface area contributed by atoms with Gasteiger partial charge >= 0.3 is 0 Å². The van der Waals surface area contributed by atoms with Gasteiger partial charge in [-0.2, -0.15) is 0 Å². The molecule has 138 valence electrons. The highest BCUT2D eigenvalue weighted by Gasteiger charge is 2.49. The second kappa shape index (κ2) is 8.99. The number of carbonyl (C=O) groups is 1. The third kappa shape index (κ3) is 6.93. The first-order valence-electron chi connectivity index (χ1n) is 9.50. The normalized spacial score (nSPS) is 33.0. The van der Waals surface area contributed by atoms with Gasteiger partial charge in [0.1, 0.15) is 6.29 Å². The lowest BCUT2D eigenvalue weighted by Gasteiger charge is -2.07. The fourth-order valence-corrected chi connectivity index (χ4v) is 3.42. The monoisotopic (exact) mass is 334 g/mol. The van der Waals surface area contributed by atoms with Crippen LogP contribution in [0.2, 0.25) is 0 Å². The van der Waals surface area contributed by atoms with Crippen LogP contribution >= 0.6 is 0 Å². The molecule has 0 aromatic heterocycles. The topological polar surface area (TPSA) is 37.3 Å². The molecule has 2 saturated carbocycles. The molecule has 2 aliphatic rings. The molecule has 0 bridgehead atoms. The summed E-state index contributed by atoms with van der Waals surface area (Å²) in [6.45, 7) is 13.4. The van der Waals surface area contributed by atoms with E-state index in [-0.39, 0.29) is 0 Å². The van der Waals surface area contributed by atoms with E-state index in [4.69, 9.17) is 5.11 Å². The van der Waals surface area contributed by atoms with E-state index in [2.05, 4.69) is 53.7 Å². The highest BCUT2D eigenvalue weighted by molar-refractivity contribution is 5.59. The fraction of sp³-hybridized carbons (Fsp3) is 0.773. The molecule has 2 fully saturated rings. The van der Waals surface area contributed by atoms with Gasteiger partial charge < -0.3 is 9.90 Å². The first kappa shape index (κ1) is 21.2. The Hall–Kier alpha value is -0.890. The van der Waals surface area contributed by atoms with Crippen LogP contribution in [0, 0.1) is 22.7 Å². The smallest absolute Gasteiger partial charge is 0.123 e. The van der Waals surface area contributed by atoms with Gasteiger partial charge in [-0.1, -0.05) is 37.1 Å². The Morgan fingerprint density at radius 2 is 1.46 bits per heavy atom. The van der Waals surface area contributed by atoms with Crippen LogP contribution in [-0.2, 0) is 4.79 Å². The van der Waals surface area contributed by atoms with Crippen LogP contribution in [0.1, 0.15) is 80.1 Å². The van der Waals surface area contributed by atoms with Crippen LogP contribution < -0.4 is 0 Å². The van der Waals surface area contributed by atoms with E-state index >= 15 is 0 Å². The molecule has 1 N–H and O–H groups in total. The van der Waals surface area contributed by atoms with Crippen LogP contribution in [0.5, 0.6) is 0 Å². The predicted octanol–water partition coefficient (Wildman–Crippen LogP) is 5.71. The number of rotatable bonds is 8. The standard InChI is InChI=1S/C11H20O.C11H18O/c2*1-9(2)5-4-6-11(3)7-10(11)8-12/h5,10,12H,4,6-8H2,1-3H3;5,8,10H,4,6-7H2,1-3H3/t2*10-,11?/m11/s1. The SMILES string of the molecule is CC(C)=CCCC1(C)C[C@@H]1C=O.CC(C)=CCCC1(C)C[C@@H]1CO. The van der Waals surface area contributed by atoms with E-state index in [9.17, 15) is 4.79 Å². The number of hydrogen-bond acceptors (Lipinski definition) is 2. The molecule has 0 radical (unpaired) electrons. The molecular formula is C22H38O2. The van der Waals surface area contributed by atoms with Crippen molar-refractivity contribution in [1.29, 1.82) is 0 Å². The van der Waals surface area contributed by atoms with E-state index in [1.165, 1.54) is 36.8 Å². The van der Waals surface area contributed by atoms with Gasteiger partial charge in [-0.3, -0.25) is 0 Å². The van der Waals surface area contributed by atoms with Crippen molar-refractivity contribution in [1.82, 2.24) is 0 Å². The van der Waals surface area contributed by atoms with Crippen LogP contribution in [0.3, 0.4) is 0 Å². The van der Waals surface area contributed by atoms with Gasteiger partial charge in [-0.25, -0.2) is 0 Å². The Morgan fingerprint density at radius 1 is 0.958 bits per heavy atom. The molecule has 0 saturated heterocycles. The molecule has 2 unspecified atom stereocenters. The minimum Gasteiger partial charge on any atom is -0.396 e. The maximum absolute atomic E-state index is 10.5. The molecule has 2 nitrogen and oxygen atoms in total. The highest BCUT2D eigenvalue weighted by Crippen LogP contribution is 2.55. The van der Waals surface area contributed by atoms with Crippen LogP contribution in [0.15, 0.2) is 23.3 Å². The molecule has 4 atom stereocenters. The van der Waals surface area contributed by atoms with Crippen molar-refractivity contribution in [3.05, 3.63) is 23.3 Å². The van der Waals surface area contributed by atoms with E-state index in [1.54, 1.807) is 0 Å². The average molecular weight is 335 g/mol. The molecule has 0 aromatic carbocycles. The minimum absolute atomic E-state index is 0.341. The second-order valence-electron chi connectivity index (χ2n) is 8.98. The van der Waals surface area contributed by atoms with Crippen molar-refractivity contribution in [2.45, 2.75) is 80.1 Å². The third-order valence-corrected chi connectivity index (χ3v) is 5.88. The molecule has 2 rings (SSSR count). The van der Waals surface area contributed by atoms with E-state index in [0.29, 0.717) is 29.3 Å². The highest BCUT2D eigenvalue weighted by atomic mass is 16.3. The van der Waals surface area contributed by atoms with Gasteiger partial charge in [0.05, 0.1) is 0 Å². The molecule has 0 heterocycles. The van der Waals surface area contributed by atoms with Gasteiger partial charge in [0.25, 0.3) is 0 Å². The number of allylic oxidation sites excluding steroid dienone is 4. The van der Waals surface area contributed by atoms with Gasteiger partial charge in [-0.15, -0.1) is 0 Å². The van der Waals surface area contributed by atoms with E-state index < -0.39 is 0 Å². The first-order chi connectivity index (χ1) is 11.2. The molecule has 0 spiro atoms. The van der Waals surface area contributed by atoms with Gasteiger partial charge in [0.2, 0.25) is 0 Å². The van der Waals surface area contributed by atoms with Crippen molar-refractivity contribution in [2.24, 2.45) is 22.7 Å². The lowest BCUT2D eigenvalue weighted by atomic mass is 9.99. The molecular weight excluding hydrogens is 296 g/mol. The van der Waals surface area contributed by atoms with Crippen molar-refractivity contribution in [3.63, 3.8) is 0 Å². The third-order valence-electron chi connectivity index (χ3n) is 5.88. The zero-order chi connectivity index (χ0) is 18.4. The van der Waals surface area contributed by atoms with Crippen LogP contribution in [0.25, 0.3) is 0 Å². The number of aliphatic hydroxyl groups is 1. The molecule has 24 heavy (non-hydrogen) atoms. The predicted molar refractivity (Wildman–Crippen MR) is 103 cm³/mol. The number of carbonyl (C=O) groups excluding carboxylic acids is 1. The lowest BCUT2D eigenvalue weighted by molar-refractivity contribution is -0.109. The largest absolute Gasteiger partial charge is 0.396 e. The van der Waals surface area contributed by atoms with E-state index in [0.717, 1.165) is 19.1 Å². The van der Waals surface area contributed by atoms with Gasteiger partial charge in [-0.05, 0) is 83.0 Å². The first-order valence-corrected chi connectivity index (χ1v) is 9.50. The van der Waals surface area contributed by atoms with E-state index in [1.807, 2.05) is 0 Å². The molecule has 2 aliphatic carbocycles. The molecule has 0 amide bonds. The quantitative estimate of drug-likeness (QED) is 0.456. The zero-order valence-electron chi connectivity index (χ0n) is 16.7. The Labute approximate surface area is 149 Å². The maximum atomic E-state index is 10.5. The Balaban J connectivity index is 0.000000240. The minimum atomic E-state index is 0.341. The molecule has 0 aromatic rings. The maximum Gasteiger partial charge on any atom is 0.123 e. The summed E-state index contributed by atoms with van der Waals surface area (Å²) in [6, 6.07) is 0. The average Bonchev–Trinajstić information content (AvgIpc) is 3.34. The summed E-state index contributed by atoms with van der Waals surface area (Å²) in [7, 11) is 0. The number of aliphatic hydroxyl groups excluding tert-OH is 1. The summed E-state index contributed by atoms with van der Waals surface area (Å²) in [5.41, 5.74) is 3.58. The van der Waals surface area contributed by atoms with Crippen molar-refractivity contribution >= 4 is 6.29 Å². The fourth-order valence-electron chi connectivity index (χ4n) is 3.42. The number of aldehydes is 1. The summed E-state index contributed by atoms with van der Waals surface area (Å²) in [4.78, 5) is 10.5. The van der Waals surface area contributed by atoms with Crippen molar-refractivity contribution in [2.75, 3.05) is 6.61 Å². The van der Waals surface area contributed by atoms with Gasteiger partial charge in [0.15, 0.2) is 0 Å². The summed E-state index contributed by atoms with van der Waals surface area (Å²) in [5, 5.41) is 8.93.